The molecule has 0 fully saturated rings. The lowest BCUT2D eigenvalue weighted by Crippen LogP contribution is -2.38. The van der Waals surface area contributed by atoms with Crippen LogP contribution < -0.4 is 5.32 Å². The molecule has 0 spiro atoms. The van der Waals surface area contributed by atoms with Gasteiger partial charge in [0.15, 0.2) is 5.78 Å². The molecule has 2 atom stereocenters. The normalized spacial score (nSPS) is 14.0. The zero-order chi connectivity index (χ0) is 28.1. The molecule has 0 saturated carbocycles. The van der Waals surface area contributed by atoms with E-state index in [9.17, 15) is 35.9 Å². The number of amides is 1. The molecule has 0 radical (unpaired) electrons. The summed E-state index contributed by atoms with van der Waals surface area (Å²) in [7, 11) is 0. The van der Waals surface area contributed by atoms with Gasteiger partial charge in [-0.15, -0.1) is 0 Å². The molecule has 1 amide bonds. The molecule has 0 saturated heterocycles. The van der Waals surface area contributed by atoms with Gasteiger partial charge in [-0.1, -0.05) is 71.5 Å². The molecule has 37 heavy (non-hydrogen) atoms. The summed E-state index contributed by atoms with van der Waals surface area (Å²) in [5.41, 5.74) is -0.0307. The molecular formula is C24H19Cl4F6NO2. The number of Topliss-reactive ketones (excluding diaryl/α,β-unsaturated/α-hetero) is 1. The summed E-state index contributed by atoms with van der Waals surface area (Å²) in [5.74, 6) is -4.63. The van der Waals surface area contributed by atoms with Crippen LogP contribution in [0.3, 0.4) is 0 Å². The van der Waals surface area contributed by atoms with Crippen molar-refractivity contribution in [2.24, 2.45) is 5.92 Å². The summed E-state index contributed by atoms with van der Waals surface area (Å²) < 4.78 is 78.2. The molecular weight excluding hydrogens is 590 g/mol. The van der Waals surface area contributed by atoms with E-state index >= 15 is 0 Å². The van der Waals surface area contributed by atoms with Crippen LogP contribution in [0.5, 0.6) is 0 Å². The van der Waals surface area contributed by atoms with E-state index in [1.807, 2.05) is 0 Å². The van der Waals surface area contributed by atoms with E-state index in [-0.39, 0.29) is 43.2 Å². The third-order valence-corrected chi connectivity index (χ3v) is 6.76. The summed E-state index contributed by atoms with van der Waals surface area (Å²) >= 11 is 23.7. The molecule has 13 heteroatoms. The average molecular weight is 609 g/mol. The average Bonchev–Trinajstić information content (AvgIpc) is 2.78. The fraction of sp³-hybridized carbons (Fsp3) is 0.333. The number of hydrogen-bond donors (Lipinski definition) is 1. The minimum absolute atomic E-state index is 0.0236. The Labute approximate surface area is 228 Å². The maximum atomic E-state index is 13.7. The van der Waals surface area contributed by atoms with Crippen molar-refractivity contribution in [3.05, 3.63) is 73.2 Å². The van der Waals surface area contributed by atoms with Crippen LogP contribution in [-0.4, -0.2) is 30.6 Å². The van der Waals surface area contributed by atoms with E-state index in [1.165, 1.54) is 18.2 Å². The summed E-state index contributed by atoms with van der Waals surface area (Å²) in [4.78, 5) is 24.6. The first-order valence-electron chi connectivity index (χ1n) is 10.6. The Morgan fingerprint density at radius 1 is 0.946 bits per heavy atom. The van der Waals surface area contributed by atoms with Gasteiger partial charge >= 0.3 is 12.4 Å². The quantitative estimate of drug-likeness (QED) is 0.175. The van der Waals surface area contributed by atoms with E-state index in [2.05, 4.69) is 0 Å². The molecule has 0 heterocycles. The summed E-state index contributed by atoms with van der Waals surface area (Å²) in [6.07, 6.45) is -7.58. The Morgan fingerprint density at radius 3 is 2.03 bits per heavy atom. The summed E-state index contributed by atoms with van der Waals surface area (Å²) in [5, 5.41) is 1.28. The molecule has 1 unspecified atom stereocenters. The lowest BCUT2D eigenvalue weighted by Gasteiger charge is -2.18. The van der Waals surface area contributed by atoms with Crippen LogP contribution in [0.2, 0.25) is 20.1 Å². The zero-order valence-corrected chi connectivity index (χ0v) is 21.9. The van der Waals surface area contributed by atoms with Gasteiger partial charge in [-0.25, -0.2) is 0 Å². The lowest BCUT2D eigenvalue weighted by molar-refractivity contribution is -0.140. The van der Waals surface area contributed by atoms with Crippen LogP contribution >= 0.6 is 46.4 Å². The fourth-order valence-electron chi connectivity index (χ4n) is 3.32. The SMILES string of the molecule is CC[C@H](CC(=O)c1ccc(/C=C/C(c2cc(Cl)c(Cl)c(Cl)c2)C(F)(F)F)cc1Cl)C(=O)NCC(F)(F)F. The monoisotopic (exact) mass is 607 g/mol. The number of rotatable bonds is 9. The number of nitrogens with one attached hydrogen (secondary N) is 1. The van der Waals surface area contributed by atoms with Crippen molar-refractivity contribution < 1.29 is 35.9 Å². The van der Waals surface area contributed by atoms with Crippen LogP contribution in [-0.2, 0) is 4.79 Å². The Morgan fingerprint density at radius 2 is 1.54 bits per heavy atom. The first-order chi connectivity index (χ1) is 17.0. The topological polar surface area (TPSA) is 46.2 Å². The standard InChI is InChI=1S/C24H19Cl4F6NO2/c1-2-13(22(37)35-11-23(29,30)31)10-20(36)15-5-3-12(7-17(15)25)4-6-16(24(32,33)34)14-8-18(26)21(28)19(27)9-14/h3-9,13,16H,2,10-11H2,1H3,(H,35,37)/b6-4+/t13-,16?/m1/s1. The fourth-order valence-corrected chi connectivity index (χ4v) is 4.23. The van der Waals surface area contributed by atoms with Crippen LogP contribution in [0.1, 0.15) is 47.2 Å². The van der Waals surface area contributed by atoms with Gasteiger partial charge in [0, 0.05) is 17.9 Å². The molecule has 2 aromatic rings. The third kappa shape index (κ3) is 9.09. The highest BCUT2D eigenvalue weighted by Crippen LogP contribution is 2.41. The van der Waals surface area contributed by atoms with Gasteiger partial charge in [0.1, 0.15) is 6.54 Å². The summed E-state index contributed by atoms with van der Waals surface area (Å²) in [6.45, 7) is 0.0182. The van der Waals surface area contributed by atoms with E-state index in [4.69, 9.17) is 46.4 Å². The van der Waals surface area contributed by atoms with Crippen molar-refractivity contribution in [1.29, 1.82) is 0 Å². The van der Waals surface area contributed by atoms with Crippen LogP contribution in [0, 0.1) is 5.92 Å². The molecule has 1 N–H and O–H groups in total. The molecule has 202 valence electrons. The minimum Gasteiger partial charge on any atom is -0.347 e. The van der Waals surface area contributed by atoms with Gasteiger partial charge in [0.05, 0.1) is 26.0 Å². The van der Waals surface area contributed by atoms with Crippen molar-refractivity contribution in [2.75, 3.05) is 6.54 Å². The van der Waals surface area contributed by atoms with Crippen molar-refractivity contribution in [1.82, 2.24) is 5.32 Å². The number of ketones is 1. The molecule has 3 nitrogen and oxygen atoms in total. The number of carbonyl (C=O) groups is 2. The Bertz CT molecular complexity index is 1160. The van der Waals surface area contributed by atoms with Gasteiger partial charge < -0.3 is 5.32 Å². The molecule has 0 aliphatic rings. The van der Waals surface area contributed by atoms with E-state index in [1.54, 1.807) is 12.2 Å². The zero-order valence-electron chi connectivity index (χ0n) is 18.9. The smallest absolute Gasteiger partial charge is 0.347 e. The second-order valence-electron chi connectivity index (χ2n) is 7.98. The van der Waals surface area contributed by atoms with Gasteiger partial charge in [-0.2, -0.15) is 26.3 Å². The van der Waals surface area contributed by atoms with Crippen LogP contribution in [0.15, 0.2) is 36.4 Å². The van der Waals surface area contributed by atoms with Crippen LogP contribution in [0.4, 0.5) is 26.3 Å². The van der Waals surface area contributed by atoms with Crippen molar-refractivity contribution in [2.45, 2.75) is 38.0 Å². The molecule has 2 aromatic carbocycles. The minimum atomic E-state index is -4.70. The predicted molar refractivity (Wildman–Crippen MR) is 133 cm³/mol. The number of carbonyl (C=O) groups excluding carboxylic acids is 2. The number of hydrogen-bond acceptors (Lipinski definition) is 2. The Kier molecular flexibility index (Phi) is 10.8. The van der Waals surface area contributed by atoms with E-state index in [0.29, 0.717) is 0 Å². The molecule has 0 aliphatic carbocycles. The second kappa shape index (κ2) is 12.7. The van der Waals surface area contributed by atoms with E-state index < -0.39 is 48.8 Å². The Balaban J connectivity index is 2.22. The maximum absolute atomic E-state index is 13.7. The number of allylic oxidation sites excluding steroid dienone is 1. The summed E-state index contributed by atoms with van der Waals surface area (Å²) in [6, 6.07) is 5.98. The maximum Gasteiger partial charge on any atom is 0.405 e. The molecule has 0 aromatic heterocycles. The second-order valence-corrected chi connectivity index (χ2v) is 9.58. The van der Waals surface area contributed by atoms with Gasteiger partial charge in [-0.3, -0.25) is 9.59 Å². The number of halogens is 10. The lowest BCUT2D eigenvalue weighted by atomic mass is 9.94. The highest BCUT2D eigenvalue weighted by molar-refractivity contribution is 6.48. The van der Waals surface area contributed by atoms with E-state index in [0.717, 1.165) is 24.3 Å². The van der Waals surface area contributed by atoms with Crippen molar-refractivity contribution >= 4 is 64.2 Å². The first-order valence-corrected chi connectivity index (χ1v) is 12.1. The molecule has 2 rings (SSSR count). The molecule has 0 bridgehead atoms. The first kappa shape index (κ1) is 31.3. The van der Waals surface area contributed by atoms with Crippen LogP contribution in [0.25, 0.3) is 6.08 Å². The number of alkyl halides is 6. The largest absolute Gasteiger partial charge is 0.405 e. The Hall–Kier alpha value is -1.94. The highest BCUT2D eigenvalue weighted by atomic mass is 35.5. The van der Waals surface area contributed by atoms with Gasteiger partial charge in [-0.05, 0) is 41.8 Å². The number of benzene rings is 2. The molecule has 0 aliphatic heterocycles. The third-order valence-electron chi connectivity index (χ3n) is 5.25. The van der Waals surface area contributed by atoms with Crippen molar-refractivity contribution in [3.8, 4) is 0 Å². The highest BCUT2D eigenvalue weighted by Gasteiger charge is 2.39. The predicted octanol–water partition coefficient (Wildman–Crippen LogP) is 8.94. The van der Waals surface area contributed by atoms with Gasteiger partial charge in [0.2, 0.25) is 5.91 Å². The van der Waals surface area contributed by atoms with Crippen molar-refractivity contribution in [3.63, 3.8) is 0 Å². The van der Waals surface area contributed by atoms with Gasteiger partial charge in [0.25, 0.3) is 0 Å².